The molecular weight excluding hydrogens is 320 g/mol. The van der Waals surface area contributed by atoms with Crippen LogP contribution in [0, 0.1) is 0 Å². The van der Waals surface area contributed by atoms with Crippen LogP contribution in [0.2, 0.25) is 0 Å². The highest BCUT2D eigenvalue weighted by molar-refractivity contribution is 7.10. The van der Waals surface area contributed by atoms with Crippen LogP contribution in [-0.4, -0.2) is 60.1 Å². The van der Waals surface area contributed by atoms with Crippen molar-refractivity contribution in [1.82, 2.24) is 9.80 Å². The van der Waals surface area contributed by atoms with Gasteiger partial charge in [-0.05, 0) is 62.7 Å². The van der Waals surface area contributed by atoms with Crippen molar-refractivity contribution >= 4 is 23.3 Å². The smallest absolute Gasteiger partial charge is 0.246 e. The van der Waals surface area contributed by atoms with Crippen molar-refractivity contribution in [2.24, 2.45) is 0 Å². The number of likely N-dealkylation sites (tertiary alicyclic amines) is 2. The lowest BCUT2D eigenvalue weighted by atomic mass is 9.89. The van der Waals surface area contributed by atoms with Gasteiger partial charge in [0.1, 0.15) is 0 Å². The van der Waals surface area contributed by atoms with Crippen LogP contribution >= 0.6 is 11.3 Å². The molecule has 0 bridgehead atoms. The molecule has 1 spiro atoms. The van der Waals surface area contributed by atoms with Crippen LogP contribution < -0.4 is 0 Å². The first kappa shape index (κ1) is 16.3. The third kappa shape index (κ3) is 3.44. The van der Waals surface area contributed by atoms with E-state index in [0.29, 0.717) is 6.04 Å². The Morgan fingerprint density at radius 2 is 2.21 bits per heavy atom. The second kappa shape index (κ2) is 6.98. The van der Waals surface area contributed by atoms with Crippen molar-refractivity contribution in [3.8, 4) is 0 Å². The zero-order valence-electron chi connectivity index (χ0n) is 14.2. The minimum Gasteiger partial charge on any atom is -0.373 e. The van der Waals surface area contributed by atoms with Gasteiger partial charge in [0.15, 0.2) is 0 Å². The number of carbonyl (C=O) groups excluding carboxylic acids is 1. The van der Waals surface area contributed by atoms with Crippen molar-refractivity contribution in [3.63, 3.8) is 0 Å². The van der Waals surface area contributed by atoms with Crippen molar-refractivity contribution in [2.75, 3.05) is 32.8 Å². The summed E-state index contributed by atoms with van der Waals surface area (Å²) in [5.41, 5.74) is -0.0993. The van der Waals surface area contributed by atoms with Gasteiger partial charge in [-0.1, -0.05) is 6.07 Å². The van der Waals surface area contributed by atoms with Gasteiger partial charge in [0, 0.05) is 30.1 Å². The standard InChI is InChI=1S/C19H26N2O2S/c22-18(6-5-17-4-3-13-24-17)21-11-8-19(15-21)14-16(7-12-23-19)20-9-1-2-10-20/h3-6,13,16H,1-2,7-12,14-15H2/b6-5+/t16-,19-/m0/s1. The molecule has 1 aromatic heterocycles. The first-order valence-corrected chi connectivity index (χ1v) is 10.0. The molecule has 1 amide bonds. The molecule has 4 rings (SSSR count). The number of carbonyl (C=O) groups is 1. The number of amides is 1. The fourth-order valence-corrected chi connectivity index (χ4v) is 5.00. The van der Waals surface area contributed by atoms with E-state index in [-0.39, 0.29) is 11.5 Å². The molecule has 0 saturated carbocycles. The minimum atomic E-state index is -0.0993. The average Bonchev–Trinajstić information content (AvgIpc) is 3.35. The molecule has 1 aromatic rings. The van der Waals surface area contributed by atoms with Gasteiger partial charge < -0.3 is 14.5 Å². The molecule has 2 atom stereocenters. The predicted molar refractivity (Wildman–Crippen MR) is 97.1 cm³/mol. The quantitative estimate of drug-likeness (QED) is 0.789. The number of hydrogen-bond donors (Lipinski definition) is 0. The largest absolute Gasteiger partial charge is 0.373 e. The number of hydrogen-bond acceptors (Lipinski definition) is 4. The summed E-state index contributed by atoms with van der Waals surface area (Å²) in [6, 6.07) is 4.69. The lowest BCUT2D eigenvalue weighted by Crippen LogP contribution is -2.49. The van der Waals surface area contributed by atoms with Crippen LogP contribution in [0.3, 0.4) is 0 Å². The minimum absolute atomic E-state index is 0.0993. The van der Waals surface area contributed by atoms with E-state index in [1.165, 1.54) is 25.9 Å². The first-order valence-electron chi connectivity index (χ1n) is 9.13. The molecule has 0 aromatic carbocycles. The van der Waals surface area contributed by atoms with E-state index in [0.717, 1.165) is 43.8 Å². The van der Waals surface area contributed by atoms with E-state index in [2.05, 4.69) is 4.90 Å². The Bertz CT molecular complexity index is 595. The number of thiophene rings is 1. The predicted octanol–water partition coefficient (Wildman–Crippen LogP) is 3.01. The van der Waals surface area contributed by atoms with Gasteiger partial charge in [0.05, 0.1) is 12.1 Å². The molecule has 130 valence electrons. The molecule has 0 N–H and O–H groups in total. The summed E-state index contributed by atoms with van der Waals surface area (Å²) in [6.07, 6.45) is 9.53. The second-order valence-electron chi connectivity index (χ2n) is 7.28. The summed E-state index contributed by atoms with van der Waals surface area (Å²) in [7, 11) is 0. The van der Waals surface area contributed by atoms with Crippen LogP contribution in [0.15, 0.2) is 23.6 Å². The van der Waals surface area contributed by atoms with Gasteiger partial charge in [0.25, 0.3) is 0 Å². The number of nitrogens with zero attached hydrogens (tertiary/aromatic N) is 2. The van der Waals surface area contributed by atoms with Gasteiger partial charge in [-0.3, -0.25) is 4.79 Å². The first-order chi connectivity index (χ1) is 11.7. The summed E-state index contributed by atoms with van der Waals surface area (Å²) in [5, 5.41) is 2.03. The zero-order chi connectivity index (χ0) is 16.4. The Morgan fingerprint density at radius 3 is 3.00 bits per heavy atom. The van der Waals surface area contributed by atoms with Gasteiger partial charge in [-0.2, -0.15) is 0 Å². The molecule has 24 heavy (non-hydrogen) atoms. The van der Waals surface area contributed by atoms with Gasteiger partial charge >= 0.3 is 0 Å². The highest BCUT2D eigenvalue weighted by atomic mass is 32.1. The molecule has 3 fully saturated rings. The molecular formula is C19H26N2O2S. The topological polar surface area (TPSA) is 32.8 Å². The fraction of sp³-hybridized carbons (Fsp3) is 0.632. The summed E-state index contributed by atoms with van der Waals surface area (Å²) < 4.78 is 6.20. The maximum Gasteiger partial charge on any atom is 0.246 e. The van der Waals surface area contributed by atoms with Crippen LogP contribution in [0.25, 0.3) is 6.08 Å². The van der Waals surface area contributed by atoms with Crippen molar-refractivity contribution in [3.05, 3.63) is 28.5 Å². The highest BCUT2D eigenvalue weighted by Crippen LogP contribution is 2.37. The fourth-order valence-electron chi connectivity index (χ4n) is 4.38. The van der Waals surface area contributed by atoms with Crippen LogP contribution in [-0.2, 0) is 9.53 Å². The monoisotopic (exact) mass is 346 g/mol. The third-order valence-corrected chi connectivity index (χ3v) is 6.52. The molecule has 4 nitrogen and oxygen atoms in total. The normalized spacial score (nSPS) is 31.5. The summed E-state index contributed by atoms with van der Waals surface area (Å²) in [5.74, 6) is 0.118. The van der Waals surface area contributed by atoms with Crippen molar-refractivity contribution in [1.29, 1.82) is 0 Å². The molecule has 3 aliphatic rings. The molecule has 0 radical (unpaired) electrons. The Labute approximate surface area is 148 Å². The van der Waals surface area contributed by atoms with Gasteiger partial charge in [0.2, 0.25) is 5.91 Å². The molecule has 0 unspecified atom stereocenters. The van der Waals surface area contributed by atoms with Crippen LogP contribution in [0.5, 0.6) is 0 Å². The zero-order valence-corrected chi connectivity index (χ0v) is 15.0. The lowest BCUT2D eigenvalue weighted by molar-refractivity contribution is -0.129. The Hall–Kier alpha value is -1.17. The Balaban J connectivity index is 1.37. The molecule has 3 saturated heterocycles. The van der Waals surface area contributed by atoms with E-state index in [1.54, 1.807) is 17.4 Å². The number of ether oxygens (including phenoxy) is 1. The highest BCUT2D eigenvalue weighted by Gasteiger charge is 2.45. The summed E-state index contributed by atoms with van der Waals surface area (Å²) in [4.78, 5) is 18.2. The molecule has 0 aliphatic carbocycles. The molecule has 4 heterocycles. The van der Waals surface area contributed by atoms with E-state index in [1.807, 2.05) is 28.5 Å². The maximum absolute atomic E-state index is 12.5. The van der Waals surface area contributed by atoms with Gasteiger partial charge in [-0.25, -0.2) is 0 Å². The Morgan fingerprint density at radius 1 is 1.33 bits per heavy atom. The van der Waals surface area contributed by atoms with E-state index in [9.17, 15) is 4.79 Å². The van der Waals surface area contributed by atoms with Gasteiger partial charge in [-0.15, -0.1) is 11.3 Å². The summed E-state index contributed by atoms with van der Waals surface area (Å²) >= 11 is 1.66. The summed E-state index contributed by atoms with van der Waals surface area (Å²) in [6.45, 7) is 4.90. The third-order valence-electron chi connectivity index (χ3n) is 5.69. The van der Waals surface area contributed by atoms with Crippen molar-refractivity contribution in [2.45, 2.75) is 43.7 Å². The average molecular weight is 346 g/mol. The lowest BCUT2D eigenvalue weighted by Gasteiger charge is -2.41. The van der Waals surface area contributed by atoms with Crippen LogP contribution in [0.4, 0.5) is 0 Å². The van der Waals surface area contributed by atoms with E-state index >= 15 is 0 Å². The maximum atomic E-state index is 12.5. The van der Waals surface area contributed by atoms with E-state index < -0.39 is 0 Å². The number of rotatable bonds is 3. The SMILES string of the molecule is O=C(/C=C/c1cccs1)N1CC[C@]2(C[C@@H](N3CCCC3)CCO2)C1. The van der Waals surface area contributed by atoms with Crippen LogP contribution in [0.1, 0.15) is 37.0 Å². The second-order valence-corrected chi connectivity index (χ2v) is 8.26. The molecule has 5 heteroatoms. The Kier molecular flexibility index (Phi) is 4.74. The van der Waals surface area contributed by atoms with Crippen molar-refractivity contribution < 1.29 is 9.53 Å². The van der Waals surface area contributed by atoms with E-state index in [4.69, 9.17) is 4.74 Å². The molecule has 3 aliphatic heterocycles.